The van der Waals surface area contributed by atoms with Gasteiger partial charge in [0.2, 0.25) is 0 Å². The molecule has 1 saturated carbocycles. The van der Waals surface area contributed by atoms with Gasteiger partial charge in [-0.15, -0.1) is 0 Å². The summed E-state index contributed by atoms with van der Waals surface area (Å²) in [4.78, 5) is 2.78. The van der Waals surface area contributed by atoms with Crippen LogP contribution in [0.1, 0.15) is 63.0 Å². The Labute approximate surface area is 129 Å². The van der Waals surface area contributed by atoms with E-state index < -0.39 is 0 Å². The molecule has 0 amide bonds. The Morgan fingerprint density at radius 1 is 1.05 bits per heavy atom. The molecule has 1 aliphatic heterocycles. The average molecular weight is 286 g/mol. The van der Waals surface area contributed by atoms with E-state index in [0.29, 0.717) is 0 Å². The third-order valence-corrected chi connectivity index (χ3v) is 5.55. The normalized spacial score (nSPS) is 28.0. The first kappa shape index (κ1) is 15.1. The van der Waals surface area contributed by atoms with Crippen molar-refractivity contribution in [3.8, 4) is 0 Å². The summed E-state index contributed by atoms with van der Waals surface area (Å²) in [5.74, 6) is 0.996. The number of fused-ring (bicyclic) bond motifs is 1. The molecular formula is C19H30N2. The molecule has 3 unspecified atom stereocenters. The lowest BCUT2D eigenvalue weighted by Crippen LogP contribution is -2.47. The van der Waals surface area contributed by atoms with Crippen molar-refractivity contribution in [3.63, 3.8) is 0 Å². The number of nitrogens with two attached hydrogens (primary N) is 1. The van der Waals surface area contributed by atoms with Crippen LogP contribution in [0.15, 0.2) is 30.3 Å². The first-order chi connectivity index (χ1) is 10.3. The maximum atomic E-state index is 6.32. The van der Waals surface area contributed by atoms with Crippen molar-refractivity contribution >= 4 is 0 Å². The molecule has 1 aliphatic carbocycles. The second-order valence-corrected chi connectivity index (χ2v) is 6.95. The van der Waals surface area contributed by atoms with E-state index in [1.165, 1.54) is 63.6 Å². The summed E-state index contributed by atoms with van der Waals surface area (Å²) in [5, 5.41) is 0. The van der Waals surface area contributed by atoms with E-state index in [0.717, 1.165) is 18.4 Å². The highest BCUT2D eigenvalue weighted by molar-refractivity contribution is 5.18. The van der Waals surface area contributed by atoms with E-state index in [-0.39, 0.29) is 6.04 Å². The lowest BCUT2D eigenvalue weighted by Gasteiger charge is -2.44. The molecule has 21 heavy (non-hydrogen) atoms. The van der Waals surface area contributed by atoms with Crippen molar-refractivity contribution in [3.05, 3.63) is 35.9 Å². The topological polar surface area (TPSA) is 29.3 Å². The van der Waals surface area contributed by atoms with Gasteiger partial charge in [0, 0.05) is 12.1 Å². The van der Waals surface area contributed by atoms with E-state index in [1.54, 1.807) is 0 Å². The number of rotatable bonds is 5. The molecule has 0 radical (unpaired) electrons. The average Bonchev–Trinajstić information content (AvgIpc) is 2.56. The van der Waals surface area contributed by atoms with Gasteiger partial charge in [-0.2, -0.15) is 0 Å². The SMILES string of the molecule is NC(CCCN1CCCC2CCCCC21)c1ccccc1. The molecule has 3 atom stereocenters. The van der Waals surface area contributed by atoms with Gasteiger partial charge in [0.25, 0.3) is 0 Å². The van der Waals surface area contributed by atoms with Gasteiger partial charge in [0.15, 0.2) is 0 Å². The highest BCUT2D eigenvalue weighted by atomic mass is 15.2. The maximum Gasteiger partial charge on any atom is 0.0295 e. The Morgan fingerprint density at radius 3 is 2.67 bits per heavy atom. The number of benzene rings is 1. The van der Waals surface area contributed by atoms with Crippen LogP contribution in [0.2, 0.25) is 0 Å². The summed E-state index contributed by atoms with van der Waals surface area (Å²) in [6, 6.07) is 11.6. The Bertz CT molecular complexity index is 415. The van der Waals surface area contributed by atoms with Gasteiger partial charge in [-0.1, -0.05) is 43.2 Å². The molecule has 1 saturated heterocycles. The zero-order valence-corrected chi connectivity index (χ0v) is 13.2. The Balaban J connectivity index is 1.46. The first-order valence-corrected chi connectivity index (χ1v) is 8.89. The minimum Gasteiger partial charge on any atom is -0.324 e. The summed E-state index contributed by atoms with van der Waals surface area (Å²) in [7, 11) is 0. The number of piperidine rings is 1. The first-order valence-electron chi connectivity index (χ1n) is 8.89. The number of nitrogens with zero attached hydrogens (tertiary/aromatic N) is 1. The molecule has 116 valence electrons. The fraction of sp³-hybridized carbons (Fsp3) is 0.684. The molecule has 1 aromatic carbocycles. The van der Waals surface area contributed by atoms with Crippen molar-refractivity contribution in [2.45, 2.75) is 63.5 Å². The molecule has 2 fully saturated rings. The number of hydrogen-bond acceptors (Lipinski definition) is 2. The van der Waals surface area contributed by atoms with Crippen LogP contribution in [0.25, 0.3) is 0 Å². The zero-order valence-electron chi connectivity index (χ0n) is 13.2. The second-order valence-electron chi connectivity index (χ2n) is 6.95. The molecule has 2 nitrogen and oxygen atoms in total. The quantitative estimate of drug-likeness (QED) is 0.882. The second kappa shape index (κ2) is 7.42. The number of likely N-dealkylation sites (tertiary alicyclic amines) is 1. The third-order valence-electron chi connectivity index (χ3n) is 5.55. The van der Waals surface area contributed by atoms with Crippen LogP contribution in [0.3, 0.4) is 0 Å². The minimum atomic E-state index is 0.207. The summed E-state index contributed by atoms with van der Waals surface area (Å²) in [5.41, 5.74) is 7.61. The van der Waals surface area contributed by atoms with E-state index in [4.69, 9.17) is 5.73 Å². The zero-order chi connectivity index (χ0) is 14.5. The van der Waals surface area contributed by atoms with Gasteiger partial charge in [-0.25, -0.2) is 0 Å². The van der Waals surface area contributed by atoms with Gasteiger partial charge >= 0.3 is 0 Å². The lowest BCUT2D eigenvalue weighted by atomic mass is 9.78. The lowest BCUT2D eigenvalue weighted by molar-refractivity contribution is 0.0593. The van der Waals surface area contributed by atoms with E-state index in [2.05, 4.69) is 35.2 Å². The summed E-state index contributed by atoms with van der Waals surface area (Å²) >= 11 is 0. The monoisotopic (exact) mass is 286 g/mol. The largest absolute Gasteiger partial charge is 0.324 e. The van der Waals surface area contributed by atoms with Crippen LogP contribution in [-0.4, -0.2) is 24.0 Å². The standard InChI is InChI=1S/C19H30N2/c20-18(16-8-2-1-3-9-16)12-7-15-21-14-6-11-17-10-4-5-13-19(17)21/h1-3,8-9,17-19H,4-7,10-15,20H2. The molecule has 0 bridgehead atoms. The van der Waals surface area contributed by atoms with Crippen molar-refractivity contribution in [2.24, 2.45) is 11.7 Å². The Morgan fingerprint density at radius 2 is 1.81 bits per heavy atom. The Kier molecular flexibility index (Phi) is 5.32. The van der Waals surface area contributed by atoms with Crippen LogP contribution >= 0.6 is 0 Å². The molecule has 2 aliphatic rings. The van der Waals surface area contributed by atoms with Crippen molar-refractivity contribution in [1.29, 1.82) is 0 Å². The third kappa shape index (κ3) is 3.87. The summed E-state index contributed by atoms with van der Waals surface area (Å²) in [6.45, 7) is 2.57. The predicted octanol–water partition coefficient (Wildman–Crippen LogP) is 4.12. The van der Waals surface area contributed by atoms with Gasteiger partial charge in [-0.05, 0) is 63.1 Å². The van der Waals surface area contributed by atoms with Crippen molar-refractivity contribution in [2.75, 3.05) is 13.1 Å². The van der Waals surface area contributed by atoms with E-state index in [1.807, 2.05) is 0 Å². The van der Waals surface area contributed by atoms with Gasteiger partial charge < -0.3 is 10.6 Å². The molecule has 2 N–H and O–H groups in total. The summed E-state index contributed by atoms with van der Waals surface area (Å²) < 4.78 is 0. The van der Waals surface area contributed by atoms with Crippen LogP contribution in [0.5, 0.6) is 0 Å². The molecule has 2 heteroatoms. The highest BCUT2D eigenvalue weighted by Gasteiger charge is 2.32. The van der Waals surface area contributed by atoms with E-state index >= 15 is 0 Å². The fourth-order valence-electron chi connectivity index (χ4n) is 4.39. The Hall–Kier alpha value is -0.860. The number of hydrogen-bond donors (Lipinski definition) is 1. The molecule has 0 spiro atoms. The smallest absolute Gasteiger partial charge is 0.0295 e. The predicted molar refractivity (Wildman–Crippen MR) is 89.2 cm³/mol. The van der Waals surface area contributed by atoms with E-state index in [9.17, 15) is 0 Å². The van der Waals surface area contributed by atoms with Crippen LogP contribution in [0.4, 0.5) is 0 Å². The van der Waals surface area contributed by atoms with Gasteiger partial charge in [-0.3, -0.25) is 0 Å². The van der Waals surface area contributed by atoms with Crippen LogP contribution in [-0.2, 0) is 0 Å². The highest BCUT2D eigenvalue weighted by Crippen LogP contribution is 2.35. The minimum absolute atomic E-state index is 0.207. The molecule has 1 heterocycles. The molecule has 1 aromatic rings. The van der Waals surface area contributed by atoms with Crippen LogP contribution < -0.4 is 5.73 Å². The summed E-state index contributed by atoms with van der Waals surface area (Å²) in [6.07, 6.45) is 11.1. The van der Waals surface area contributed by atoms with Crippen molar-refractivity contribution < 1.29 is 0 Å². The van der Waals surface area contributed by atoms with Gasteiger partial charge in [0.1, 0.15) is 0 Å². The van der Waals surface area contributed by atoms with Crippen molar-refractivity contribution in [1.82, 2.24) is 4.90 Å². The molecular weight excluding hydrogens is 256 g/mol. The van der Waals surface area contributed by atoms with Crippen LogP contribution in [0, 0.1) is 5.92 Å². The van der Waals surface area contributed by atoms with Gasteiger partial charge in [0.05, 0.1) is 0 Å². The molecule has 0 aromatic heterocycles. The molecule has 3 rings (SSSR count). The maximum absolute atomic E-state index is 6.32. The fourth-order valence-corrected chi connectivity index (χ4v) is 4.39.